The third-order valence-electron chi connectivity index (χ3n) is 4.25. The van der Waals surface area contributed by atoms with Gasteiger partial charge in [0.25, 0.3) is 5.91 Å². The number of rotatable bonds is 6. The quantitative estimate of drug-likeness (QED) is 0.719. The van der Waals surface area contributed by atoms with Gasteiger partial charge in [-0.3, -0.25) is 4.79 Å². The van der Waals surface area contributed by atoms with E-state index in [0.29, 0.717) is 16.5 Å². The van der Waals surface area contributed by atoms with E-state index in [4.69, 9.17) is 22.1 Å². The minimum atomic E-state index is -0.673. The van der Waals surface area contributed by atoms with E-state index in [2.05, 4.69) is 17.0 Å². The van der Waals surface area contributed by atoms with Crippen LogP contribution < -0.4 is 10.5 Å². The molecule has 1 heterocycles. The minimum absolute atomic E-state index is 0.0382. The second-order valence-corrected chi connectivity index (χ2v) is 6.26. The molecule has 0 spiro atoms. The van der Waals surface area contributed by atoms with Gasteiger partial charge < -0.3 is 10.5 Å². The topological polar surface area (TPSA) is 83.0 Å². The first-order chi connectivity index (χ1) is 12.5. The number of aromatic nitrogens is 3. The Morgan fingerprint density at radius 3 is 2.50 bits per heavy atom. The number of ether oxygens (including phenoxy) is 1. The Balaban J connectivity index is 1.99. The van der Waals surface area contributed by atoms with Gasteiger partial charge in [-0.1, -0.05) is 36.7 Å². The maximum absolute atomic E-state index is 11.2. The van der Waals surface area contributed by atoms with Crippen LogP contribution in [0.1, 0.15) is 41.0 Å². The first-order valence-electron chi connectivity index (χ1n) is 8.18. The van der Waals surface area contributed by atoms with Gasteiger partial charge in [0.15, 0.2) is 0 Å². The van der Waals surface area contributed by atoms with Gasteiger partial charge in [-0.25, -0.2) is 9.67 Å². The zero-order valence-electron chi connectivity index (χ0n) is 14.5. The fourth-order valence-corrected chi connectivity index (χ4v) is 3.08. The molecular formula is C19H19ClN4O2. The maximum atomic E-state index is 11.2. The molecule has 134 valence electrons. The number of amides is 1. The molecule has 0 saturated carbocycles. The molecule has 0 radical (unpaired) electrons. The summed E-state index contributed by atoms with van der Waals surface area (Å²) >= 11 is 6.00. The molecule has 0 fully saturated rings. The van der Waals surface area contributed by atoms with Crippen LogP contribution in [0.4, 0.5) is 0 Å². The summed E-state index contributed by atoms with van der Waals surface area (Å²) in [6.45, 7) is 2.14. The summed E-state index contributed by atoms with van der Waals surface area (Å²) in [4.78, 5) is 15.1. The summed E-state index contributed by atoms with van der Waals surface area (Å²) in [5.74, 6) is 0.139. The van der Waals surface area contributed by atoms with Crippen molar-refractivity contribution in [2.24, 2.45) is 5.73 Å². The number of carbonyl (C=O) groups excluding carboxylic acids is 1. The first kappa shape index (κ1) is 17.9. The fourth-order valence-electron chi connectivity index (χ4n) is 2.95. The molecule has 0 aliphatic rings. The molecule has 0 aliphatic heterocycles. The summed E-state index contributed by atoms with van der Waals surface area (Å²) in [7, 11) is 1.60. The third kappa shape index (κ3) is 3.55. The number of benzene rings is 2. The summed E-state index contributed by atoms with van der Waals surface area (Å²) in [5.41, 5.74) is 8.20. The van der Waals surface area contributed by atoms with Crippen molar-refractivity contribution in [1.29, 1.82) is 0 Å². The Morgan fingerprint density at radius 2 is 1.92 bits per heavy atom. The van der Waals surface area contributed by atoms with Crippen molar-refractivity contribution in [3.05, 3.63) is 70.8 Å². The van der Waals surface area contributed by atoms with E-state index in [1.807, 2.05) is 42.5 Å². The highest BCUT2D eigenvalue weighted by Crippen LogP contribution is 2.33. The van der Waals surface area contributed by atoms with Crippen LogP contribution in [0.2, 0.25) is 5.02 Å². The van der Waals surface area contributed by atoms with Crippen LogP contribution in [0.25, 0.3) is 5.69 Å². The van der Waals surface area contributed by atoms with Crippen LogP contribution in [0.5, 0.6) is 5.75 Å². The SMILES string of the molecule is CCC(c1ccc(Cl)cc1)c1ccc(-n2cnc(C(N)=O)n2)c(OC)c1. The number of nitrogens with zero attached hydrogens (tertiary/aromatic N) is 3. The van der Waals surface area contributed by atoms with Gasteiger partial charge in [0, 0.05) is 10.9 Å². The molecule has 6 nitrogen and oxygen atoms in total. The van der Waals surface area contributed by atoms with Gasteiger partial charge in [0.1, 0.15) is 17.8 Å². The lowest BCUT2D eigenvalue weighted by Gasteiger charge is -2.18. The summed E-state index contributed by atoms with van der Waals surface area (Å²) in [6.07, 6.45) is 2.37. The largest absolute Gasteiger partial charge is 0.494 e. The molecule has 3 rings (SSSR count). The lowest BCUT2D eigenvalue weighted by molar-refractivity contribution is 0.0990. The monoisotopic (exact) mass is 370 g/mol. The molecule has 0 saturated heterocycles. The summed E-state index contributed by atoms with van der Waals surface area (Å²) in [6, 6.07) is 13.8. The molecule has 1 unspecified atom stereocenters. The zero-order chi connectivity index (χ0) is 18.7. The van der Waals surface area contributed by atoms with Crippen molar-refractivity contribution in [3.8, 4) is 11.4 Å². The molecule has 1 amide bonds. The van der Waals surface area contributed by atoms with Gasteiger partial charge in [0.05, 0.1) is 7.11 Å². The highest BCUT2D eigenvalue weighted by molar-refractivity contribution is 6.30. The number of primary amides is 1. The standard InChI is InChI=1S/C19H19ClN4O2/c1-3-15(12-4-7-14(20)8-5-12)13-6-9-16(17(10-13)26-2)24-11-22-19(23-24)18(21)25/h4-11,15H,3H2,1-2H3,(H2,21,25). The van der Waals surface area contributed by atoms with E-state index >= 15 is 0 Å². The third-order valence-corrected chi connectivity index (χ3v) is 4.50. The second-order valence-electron chi connectivity index (χ2n) is 5.82. The van der Waals surface area contributed by atoms with Gasteiger partial charge in [-0.15, -0.1) is 5.10 Å². The summed E-state index contributed by atoms with van der Waals surface area (Å²) < 4.78 is 7.01. The molecule has 0 bridgehead atoms. The number of nitrogens with two attached hydrogens (primary N) is 1. The van der Waals surface area contributed by atoms with Gasteiger partial charge >= 0.3 is 0 Å². The average molecular weight is 371 g/mol. The van der Waals surface area contributed by atoms with E-state index in [9.17, 15) is 4.79 Å². The van der Waals surface area contributed by atoms with Crippen molar-refractivity contribution in [3.63, 3.8) is 0 Å². The highest BCUT2D eigenvalue weighted by atomic mass is 35.5. The maximum Gasteiger partial charge on any atom is 0.288 e. The lowest BCUT2D eigenvalue weighted by Crippen LogP contribution is -2.13. The molecule has 2 N–H and O–H groups in total. The predicted molar refractivity (Wildman–Crippen MR) is 100 cm³/mol. The number of carbonyl (C=O) groups is 1. The zero-order valence-corrected chi connectivity index (χ0v) is 15.3. The van der Waals surface area contributed by atoms with Crippen LogP contribution in [0, 0.1) is 0 Å². The molecule has 26 heavy (non-hydrogen) atoms. The van der Waals surface area contributed by atoms with Crippen LogP contribution >= 0.6 is 11.6 Å². The Kier molecular flexibility index (Phi) is 5.23. The van der Waals surface area contributed by atoms with Crippen LogP contribution in [-0.4, -0.2) is 27.8 Å². The van der Waals surface area contributed by atoms with Crippen LogP contribution in [-0.2, 0) is 0 Å². The van der Waals surface area contributed by atoms with E-state index in [0.717, 1.165) is 12.0 Å². The fraction of sp³-hybridized carbons (Fsp3) is 0.211. The number of hydrogen-bond donors (Lipinski definition) is 1. The normalized spacial score (nSPS) is 12.0. The Morgan fingerprint density at radius 1 is 1.23 bits per heavy atom. The van der Waals surface area contributed by atoms with Crippen molar-refractivity contribution < 1.29 is 9.53 Å². The van der Waals surface area contributed by atoms with E-state index in [-0.39, 0.29) is 11.7 Å². The van der Waals surface area contributed by atoms with Crippen molar-refractivity contribution in [1.82, 2.24) is 14.8 Å². The number of halogens is 1. The minimum Gasteiger partial charge on any atom is -0.494 e. The van der Waals surface area contributed by atoms with E-state index < -0.39 is 5.91 Å². The second kappa shape index (κ2) is 7.58. The average Bonchev–Trinajstić information content (AvgIpc) is 3.14. The smallest absolute Gasteiger partial charge is 0.288 e. The Hall–Kier alpha value is -2.86. The van der Waals surface area contributed by atoms with Gasteiger partial charge in [-0.2, -0.15) is 0 Å². The summed E-state index contributed by atoms with van der Waals surface area (Å²) in [5, 5.41) is 4.80. The van der Waals surface area contributed by atoms with Gasteiger partial charge in [-0.05, 0) is 41.8 Å². The highest BCUT2D eigenvalue weighted by Gasteiger charge is 2.17. The van der Waals surface area contributed by atoms with Crippen molar-refractivity contribution >= 4 is 17.5 Å². The van der Waals surface area contributed by atoms with Crippen LogP contribution in [0.15, 0.2) is 48.8 Å². The molecule has 0 aliphatic carbocycles. The Bertz CT molecular complexity index is 922. The molecule has 1 atom stereocenters. The van der Waals surface area contributed by atoms with Crippen LogP contribution in [0.3, 0.4) is 0 Å². The number of methoxy groups -OCH3 is 1. The van der Waals surface area contributed by atoms with E-state index in [1.54, 1.807) is 7.11 Å². The van der Waals surface area contributed by atoms with Crippen molar-refractivity contribution in [2.75, 3.05) is 7.11 Å². The molecule has 2 aromatic carbocycles. The lowest BCUT2D eigenvalue weighted by atomic mass is 9.89. The number of hydrogen-bond acceptors (Lipinski definition) is 4. The molecule has 1 aromatic heterocycles. The molecule has 7 heteroatoms. The Labute approximate surface area is 156 Å². The molecule has 3 aromatic rings. The molecular weight excluding hydrogens is 352 g/mol. The first-order valence-corrected chi connectivity index (χ1v) is 8.56. The predicted octanol–water partition coefficient (Wildman–Crippen LogP) is 3.57. The van der Waals surface area contributed by atoms with E-state index in [1.165, 1.54) is 16.6 Å². The van der Waals surface area contributed by atoms with Crippen molar-refractivity contribution in [2.45, 2.75) is 19.3 Å². The van der Waals surface area contributed by atoms with Gasteiger partial charge in [0.2, 0.25) is 5.82 Å².